The van der Waals surface area contributed by atoms with Crippen molar-refractivity contribution in [3.05, 3.63) is 11.6 Å². The van der Waals surface area contributed by atoms with Crippen LogP contribution in [0.3, 0.4) is 0 Å². The Kier molecular flexibility index (Phi) is 4.40. The van der Waals surface area contributed by atoms with Gasteiger partial charge in [0.2, 0.25) is 0 Å². The van der Waals surface area contributed by atoms with E-state index in [2.05, 4.69) is 45.8 Å². The summed E-state index contributed by atoms with van der Waals surface area (Å²) in [6, 6.07) is 0.697. The van der Waals surface area contributed by atoms with E-state index in [1.165, 1.54) is 38.5 Å². The minimum Gasteiger partial charge on any atom is -0.393 e. The van der Waals surface area contributed by atoms with Crippen molar-refractivity contribution in [1.82, 2.24) is 4.90 Å². The van der Waals surface area contributed by atoms with Crippen LogP contribution >= 0.6 is 0 Å². The first-order chi connectivity index (χ1) is 11.8. The standard InChI is InChI=1S/C23H39NO/c1-6-15-8-10-19-18-9-7-16-13-17(25)11-12-22(16,2)21(18)20(24(4)5)14-23(15,19)3/h6,16-21,25H,7-14H2,1-5H3/b15-6+/t16?,17?,18-,19-,20?,21+,22-,23+/m0/s1. The summed E-state index contributed by atoms with van der Waals surface area (Å²) in [6.45, 7) is 7.46. The minimum absolute atomic E-state index is 0.0394. The van der Waals surface area contributed by atoms with Crippen molar-refractivity contribution < 1.29 is 5.11 Å². The van der Waals surface area contributed by atoms with E-state index in [9.17, 15) is 5.11 Å². The molecule has 1 N–H and O–H groups in total. The molecule has 0 aliphatic heterocycles. The minimum atomic E-state index is -0.0394. The molecule has 0 aromatic heterocycles. The van der Waals surface area contributed by atoms with E-state index in [1.54, 1.807) is 5.57 Å². The van der Waals surface area contributed by atoms with E-state index in [0.29, 0.717) is 16.9 Å². The number of aliphatic hydroxyl groups excluding tert-OH is 1. The molecule has 4 rings (SSSR count). The van der Waals surface area contributed by atoms with Crippen molar-refractivity contribution >= 4 is 0 Å². The molecule has 2 heteroatoms. The van der Waals surface area contributed by atoms with E-state index in [0.717, 1.165) is 36.5 Å². The molecule has 3 unspecified atom stereocenters. The molecule has 0 amide bonds. The Bertz CT molecular complexity index is 554. The summed E-state index contributed by atoms with van der Waals surface area (Å²) in [5, 5.41) is 10.3. The van der Waals surface area contributed by atoms with Crippen LogP contribution < -0.4 is 0 Å². The zero-order valence-electron chi connectivity index (χ0n) is 17.1. The Balaban J connectivity index is 1.74. The summed E-state index contributed by atoms with van der Waals surface area (Å²) < 4.78 is 0. The third-order valence-electron chi connectivity index (χ3n) is 9.43. The van der Waals surface area contributed by atoms with E-state index in [4.69, 9.17) is 0 Å². The van der Waals surface area contributed by atoms with Crippen LogP contribution in [-0.4, -0.2) is 36.2 Å². The molecule has 2 nitrogen and oxygen atoms in total. The van der Waals surface area contributed by atoms with E-state index >= 15 is 0 Å². The summed E-state index contributed by atoms with van der Waals surface area (Å²) in [7, 11) is 4.64. The Hall–Kier alpha value is -0.340. The van der Waals surface area contributed by atoms with Gasteiger partial charge in [0.25, 0.3) is 0 Å². The maximum Gasteiger partial charge on any atom is 0.0543 e. The maximum atomic E-state index is 10.3. The number of fused-ring (bicyclic) bond motifs is 5. The molecule has 0 bridgehead atoms. The zero-order valence-corrected chi connectivity index (χ0v) is 17.1. The predicted molar refractivity (Wildman–Crippen MR) is 104 cm³/mol. The van der Waals surface area contributed by atoms with E-state index in [1.807, 2.05) is 0 Å². The van der Waals surface area contributed by atoms with Crippen molar-refractivity contribution in [3.63, 3.8) is 0 Å². The summed E-state index contributed by atoms with van der Waals surface area (Å²) >= 11 is 0. The van der Waals surface area contributed by atoms with Gasteiger partial charge < -0.3 is 10.0 Å². The van der Waals surface area contributed by atoms with Gasteiger partial charge in [0.1, 0.15) is 0 Å². The van der Waals surface area contributed by atoms with Gasteiger partial charge in [-0.05, 0) is 107 Å². The molecule has 8 atom stereocenters. The molecular weight excluding hydrogens is 306 g/mol. The van der Waals surface area contributed by atoms with Crippen LogP contribution in [0, 0.1) is 34.5 Å². The molecule has 0 radical (unpaired) electrons. The topological polar surface area (TPSA) is 23.5 Å². The van der Waals surface area contributed by atoms with Gasteiger partial charge in [-0.3, -0.25) is 0 Å². The normalized spacial score (nSPS) is 54.3. The van der Waals surface area contributed by atoms with Gasteiger partial charge in [0.05, 0.1) is 6.10 Å². The third kappa shape index (κ3) is 2.50. The molecule has 0 spiro atoms. The van der Waals surface area contributed by atoms with Crippen molar-refractivity contribution in [1.29, 1.82) is 0 Å². The second-order valence-electron chi connectivity index (χ2n) is 10.5. The first kappa shape index (κ1) is 18.0. The van der Waals surface area contributed by atoms with Gasteiger partial charge in [0, 0.05) is 6.04 Å². The molecule has 142 valence electrons. The molecule has 0 saturated heterocycles. The highest BCUT2D eigenvalue weighted by atomic mass is 16.3. The predicted octanol–water partition coefficient (Wildman–Crippen LogP) is 4.88. The Morgan fingerprint density at radius 2 is 1.88 bits per heavy atom. The van der Waals surface area contributed by atoms with Crippen LogP contribution in [-0.2, 0) is 0 Å². The van der Waals surface area contributed by atoms with Crippen LogP contribution in [0.5, 0.6) is 0 Å². The lowest BCUT2D eigenvalue weighted by atomic mass is 9.43. The fourth-order valence-corrected chi connectivity index (χ4v) is 8.18. The Morgan fingerprint density at radius 1 is 1.12 bits per heavy atom. The molecule has 0 aromatic rings. The number of aliphatic hydroxyl groups is 1. The molecule has 4 aliphatic rings. The first-order valence-corrected chi connectivity index (χ1v) is 10.8. The summed E-state index contributed by atoms with van der Waals surface area (Å²) in [5.41, 5.74) is 2.62. The third-order valence-corrected chi connectivity index (χ3v) is 9.43. The first-order valence-electron chi connectivity index (χ1n) is 10.8. The lowest BCUT2D eigenvalue weighted by molar-refractivity contribution is -0.146. The van der Waals surface area contributed by atoms with Crippen molar-refractivity contribution in [2.24, 2.45) is 34.5 Å². The second-order valence-corrected chi connectivity index (χ2v) is 10.5. The van der Waals surface area contributed by atoms with Crippen LogP contribution in [0.1, 0.15) is 72.1 Å². The van der Waals surface area contributed by atoms with Crippen molar-refractivity contribution in [2.75, 3.05) is 14.1 Å². The van der Waals surface area contributed by atoms with Gasteiger partial charge in [-0.15, -0.1) is 0 Å². The fraction of sp³-hybridized carbons (Fsp3) is 0.913. The lowest BCUT2D eigenvalue weighted by Gasteiger charge is -2.64. The number of nitrogens with zero attached hydrogens (tertiary/aromatic N) is 1. The maximum absolute atomic E-state index is 10.3. The molecule has 25 heavy (non-hydrogen) atoms. The highest BCUT2D eigenvalue weighted by Gasteiger charge is 2.62. The fourth-order valence-electron chi connectivity index (χ4n) is 8.18. The number of rotatable bonds is 1. The molecule has 4 saturated carbocycles. The van der Waals surface area contributed by atoms with Crippen LogP contribution in [0.4, 0.5) is 0 Å². The molecule has 0 heterocycles. The Labute approximate surface area is 155 Å². The summed E-state index contributed by atoms with van der Waals surface area (Å²) in [4.78, 5) is 2.56. The zero-order chi connectivity index (χ0) is 18.0. The molecule has 4 aliphatic carbocycles. The van der Waals surface area contributed by atoms with Gasteiger partial charge in [-0.25, -0.2) is 0 Å². The molecule has 0 aromatic carbocycles. The average Bonchev–Trinajstić information content (AvgIpc) is 2.90. The quantitative estimate of drug-likeness (QED) is 0.685. The van der Waals surface area contributed by atoms with Crippen LogP contribution in [0.2, 0.25) is 0 Å². The van der Waals surface area contributed by atoms with Crippen LogP contribution in [0.25, 0.3) is 0 Å². The van der Waals surface area contributed by atoms with E-state index in [-0.39, 0.29) is 6.10 Å². The average molecular weight is 346 g/mol. The van der Waals surface area contributed by atoms with Crippen LogP contribution in [0.15, 0.2) is 11.6 Å². The molecule has 4 fully saturated rings. The summed E-state index contributed by atoms with van der Waals surface area (Å²) in [5.74, 6) is 3.35. The van der Waals surface area contributed by atoms with Gasteiger partial charge in [0.15, 0.2) is 0 Å². The lowest BCUT2D eigenvalue weighted by Crippen LogP contribution is -2.61. The number of hydrogen-bond acceptors (Lipinski definition) is 2. The van der Waals surface area contributed by atoms with Gasteiger partial charge in [-0.1, -0.05) is 25.5 Å². The highest BCUT2D eigenvalue weighted by molar-refractivity contribution is 5.25. The summed E-state index contributed by atoms with van der Waals surface area (Å²) in [6.07, 6.45) is 12.6. The van der Waals surface area contributed by atoms with Gasteiger partial charge in [-0.2, -0.15) is 0 Å². The van der Waals surface area contributed by atoms with E-state index < -0.39 is 0 Å². The second kappa shape index (κ2) is 6.09. The smallest absolute Gasteiger partial charge is 0.0543 e. The number of allylic oxidation sites excluding steroid dienone is 2. The highest BCUT2D eigenvalue weighted by Crippen LogP contribution is 2.67. The van der Waals surface area contributed by atoms with Crippen molar-refractivity contribution in [3.8, 4) is 0 Å². The largest absolute Gasteiger partial charge is 0.393 e. The Morgan fingerprint density at radius 3 is 2.56 bits per heavy atom. The van der Waals surface area contributed by atoms with Crippen molar-refractivity contribution in [2.45, 2.75) is 84.3 Å². The monoisotopic (exact) mass is 345 g/mol. The van der Waals surface area contributed by atoms with Gasteiger partial charge >= 0.3 is 0 Å². The number of hydrogen-bond donors (Lipinski definition) is 1. The SMILES string of the molecule is C/C=C1\CC[C@H]2[C@@H]3CCC4CC(O)CC[C@]4(C)[C@H]3C(N(C)C)C[C@]12C. The molecular formula is C23H39NO.